The van der Waals surface area contributed by atoms with Crippen LogP contribution in [0, 0.1) is 5.92 Å². The molecule has 1 aromatic heterocycles. The fourth-order valence-corrected chi connectivity index (χ4v) is 4.84. The highest BCUT2D eigenvalue weighted by molar-refractivity contribution is 5.94. The number of rotatable bonds is 16. The maximum Gasteiger partial charge on any atom is 0.328 e. The maximum absolute atomic E-state index is 13.6. The van der Waals surface area contributed by atoms with Crippen LogP contribution in [0.4, 0.5) is 0 Å². The van der Waals surface area contributed by atoms with Gasteiger partial charge in [0.15, 0.2) is 6.61 Å². The fourth-order valence-electron chi connectivity index (χ4n) is 4.84. The summed E-state index contributed by atoms with van der Waals surface area (Å²) < 4.78 is 10.4. The van der Waals surface area contributed by atoms with Crippen LogP contribution in [-0.4, -0.2) is 89.9 Å². The minimum absolute atomic E-state index is 0.0280. The molecule has 0 aliphatic rings. The summed E-state index contributed by atoms with van der Waals surface area (Å²) in [5.41, 5.74) is 2.49. The second-order valence-corrected chi connectivity index (χ2v) is 10.8. The van der Waals surface area contributed by atoms with Crippen molar-refractivity contribution in [1.82, 2.24) is 15.6 Å². The number of ether oxygens (including phenoxy) is 2. The predicted molar refractivity (Wildman–Crippen MR) is 165 cm³/mol. The molecule has 0 bridgehead atoms. The minimum Gasteiger partial charge on any atom is -0.467 e. The first-order valence-electron chi connectivity index (χ1n) is 14.4. The Bertz CT molecular complexity index is 1410. The van der Waals surface area contributed by atoms with E-state index in [9.17, 15) is 24.6 Å². The number of oxime groups is 1. The third-order valence-electron chi connectivity index (χ3n) is 7.11. The van der Waals surface area contributed by atoms with E-state index in [1.54, 1.807) is 6.20 Å². The molecular formula is C32H42N4O8. The van der Waals surface area contributed by atoms with Gasteiger partial charge in [-0.1, -0.05) is 67.5 Å². The highest BCUT2D eigenvalue weighted by Gasteiger charge is 2.31. The molecule has 0 radical (unpaired) electrons. The van der Waals surface area contributed by atoms with Gasteiger partial charge in [0, 0.05) is 37.1 Å². The maximum atomic E-state index is 13.6. The van der Waals surface area contributed by atoms with Crippen LogP contribution in [-0.2, 0) is 41.5 Å². The van der Waals surface area contributed by atoms with Gasteiger partial charge in [0.2, 0.25) is 5.91 Å². The number of esters is 1. The Morgan fingerprint density at radius 3 is 2.23 bits per heavy atom. The zero-order chi connectivity index (χ0) is 32.2. The average molecular weight is 611 g/mol. The first kappa shape index (κ1) is 34.2. The summed E-state index contributed by atoms with van der Waals surface area (Å²) in [5.74, 6) is -2.01. The van der Waals surface area contributed by atoms with E-state index in [1.165, 1.54) is 21.1 Å². The molecule has 2 aromatic carbocycles. The lowest BCUT2D eigenvalue weighted by Gasteiger charge is -2.25. The van der Waals surface area contributed by atoms with Crippen LogP contribution in [0.3, 0.4) is 0 Å². The molecule has 5 atom stereocenters. The molecule has 238 valence electrons. The van der Waals surface area contributed by atoms with Crippen LogP contribution < -0.4 is 10.6 Å². The summed E-state index contributed by atoms with van der Waals surface area (Å²) in [6, 6.07) is 14.6. The largest absolute Gasteiger partial charge is 0.467 e. The van der Waals surface area contributed by atoms with Gasteiger partial charge in [0.1, 0.15) is 30.0 Å². The van der Waals surface area contributed by atoms with Crippen molar-refractivity contribution in [2.75, 3.05) is 20.8 Å². The Labute approximate surface area is 256 Å². The van der Waals surface area contributed by atoms with Crippen molar-refractivity contribution in [3.05, 3.63) is 71.9 Å². The molecular weight excluding hydrogens is 568 g/mol. The molecule has 44 heavy (non-hydrogen) atoms. The van der Waals surface area contributed by atoms with Crippen LogP contribution in [0.2, 0.25) is 0 Å². The molecule has 0 unspecified atom stereocenters. The number of nitrogens with zero attached hydrogens (tertiary/aromatic N) is 1. The number of para-hydroxylation sites is 1. The predicted octanol–water partition coefficient (Wildman–Crippen LogP) is 1.88. The lowest BCUT2D eigenvalue weighted by atomic mass is 9.96. The van der Waals surface area contributed by atoms with Gasteiger partial charge in [-0.2, -0.15) is 0 Å². The summed E-state index contributed by atoms with van der Waals surface area (Å²) in [6.07, 6.45) is -1.16. The summed E-state index contributed by atoms with van der Waals surface area (Å²) in [6.45, 7) is 4.50. The molecule has 0 saturated heterocycles. The number of nitrogens with one attached hydrogen (secondary N) is 3. The lowest BCUT2D eigenvalue weighted by molar-refractivity contribution is -0.145. The number of amides is 2. The molecule has 12 heteroatoms. The molecule has 5 N–H and O–H groups in total. The van der Waals surface area contributed by atoms with Gasteiger partial charge in [-0.25, -0.2) is 4.79 Å². The Morgan fingerprint density at radius 1 is 0.909 bits per heavy atom. The number of fused-ring (bicyclic) bond motifs is 1. The van der Waals surface area contributed by atoms with Gasteiger partial charge in [-0.3, -0.25) is 9.59 Å². The average Bonchev–Trinajstić information content (AvgIpc) is 3.42. The van der Waals surface area contributed by atoms with Crippen molar-refractivity contribution in [3.8, 4) is 0 Å². The SMILES string of the molecule is COC(=O)[C@H](Cc1ccccc1)NC(=O)[C@H](Cc1c[nH]c2ccccc12)NC(=O)CO/N=C(/[C@@H](OC)C(C)C)[C@@H](O)[C@@H](C)O. The number of aromatic amines is 1. The number of carbonyl (C=O) groups is 3. The zero-order valence-electron chi connectivity index (χ0n) is 25.7. The second kappa shape index (κ2) is 16.6. The van der Waals surface area contributed by atoms with E-state index in [0.717, 1.165) is 22.0 Å². The normalized spacial score (nSPS) is 15.2. The second-order valence-electron chi connectivity index (χ2n) is 10.8. The molecule has 0 saturated carbocycles. The van der Waals surface area contributed by atoms with Crippen molar-refractivity contribution in [2.45, 2.75) is 64.0 Å². The Hall–Kier alpha value is -4.26. The standard InChI is InChI=1S/C32H42N4O8/c1-19(2)30(42-4)28(29(39)20(3)37)36-44-18-27(38)34-25(16-22-17-33-24-14-10-9-13-23(22)24)31(40)35-26(32(41)43-5)15-21-11-7-6-8-12-21/h6-14,17,19-20,25-26,29-30,33,37,39H,15-16,18H2,1-5H3,(H,34,38)(H,35,40)/b36-28+/t20-,25+,26+,29+,30+/m1/s1. The van der Waals surface area contributed by atoms with Crippen LogP contribution in [0.25, 0.3) is 10.9 Å². The fraction of sp³-hybridized carbons (Fsp3) is 0.438. The molecule has 0 aliphatic carbocycles. The third-order valence-corrected chi connectivity index (χ3v) is 7.11. The van der Waals surface area contributed by atoms with Crippen LogP contribution in [0.1, 0.15) is 31.9 Å². The Kier molecular flexibility index (Phi) is 12.9. The van der Waals surface area contributed by atoms with Crippen molar-refractivity contribution < 1.29 is 38.9 Å². The summed E-state index contributed by atoms with van der Waals surface area (Å²) in [7, 11) is 2.68. The highest BCUT2D eigenvalue weighted by Crippen LogP contribution is 2.19. The summed E-state index contributed by atoms with van der Waals surface area (Å²) >= 11 is 0. The number of aliphatic hydroxyl groups is 2. The number of aliphatic hydroxyl groups excluding tert-OH is 2. The number of hydrogen-bond acceptors (Lipinski definition) is 9. The van der Waals surface area contributed by atoms with E-state index in [-0.39, 0.29) is 24.5 Å². The molecule has 12 nitrogen and oxygen atoms in total. The van der Waals surface area contributed by atoms with Gasteiger partial charge < -0.3 is 40.1 Å². The molecule has 1 heterocycles. The minimum atomic E-state index is -1.38. The molecule has 3 aromatic rings. The van der Waals surface area contributed by atoms with E-state index >= 15 is 0 Å². The number of H-pyrrole nitrogens is 1. The quantitative estimate of drug-likeness (QED) is 0.0930. The van der Waals surface area contributed by atoms with Crippen LogP contribution in [0.5, 0.6) is 0 Å². The number of aromatic nitrogens is 1. The highest BCUT2D eigenvalue weighted by atomic mass is 16.6. The number of methoxy groups -OCH3 is 2. The third kappa shape index (κ3) is 9.37. The number of carbonyl (C=O) groups excluding carboxylic acids is 3. The first-order valence-corrected chi connectivity index (χ1v) is 14.4. The summed E-state index contributed by atoms with van der Waals surface area (Å²) in [4.78, 5) is 47.7. The number of benzene rings is 2. The van der Waals surface area contributed by atoms with E-state index in [0.29, 0.717) is 0 Å². The van der Waals surface area contributed by atoms with E-state index in [2.05, 4.69) is 20.8 Å². The monoisotopic (exact) mass is 610 g/mol. The molecule has 2 amide bonds. The van der Waals surface area contributed by atoms with Crippen molar-refractivity contribution in [1.29, 1.82) is 0 Å². The van der Waals surface area contributed by atoms with Crippen molar-refractivity contribution >= 4 is 34.4 Å². The van der Waals surface area contributed by atoms with Crippen molar-refractivity contribution in [2.24, 2.45) is 11.1 Å². The van der Waals surface area contributed by atoms with Crippen molar-refractivity contribution in [3.63, 3.8) is 0 Å². The van der Waals surface area contributed by atoms with Gasteiger partial charge in [-0.05, 0) is 30.0 Å². The van der Waals surface area contributed by atoms with E-state index < -0.39 is 54.8 Å². The van der Waals surface area contributed by atoms with Gasteiger partial charge >= 0.3 is 5.97 Å². The number of hydrogen-bond donors (Lipinski definition) is 5. The molecule has 0 aliphatic heterocycles. The topological polar surface area (TPSA) is 172 Å². The lowest BCUT2D eigenvalue weighted by Crippen LogP contribution is -2.53. The molecule has 0 spiro atoms. The molecule has 0 fully saturated rings. The summed E-state index contributed by atoms with van der Waals surface area (Å²) in [5, 5.41) is 30.6. The van der Waals surface area contributed by atoms with Crippen LogP contribution >= 0.6 is 0 Å². The van der Waals surface area contributed by atoms with Crippen LogP contribution in [0.15, 0.2) is 65.9 Å². The first-order chi connectivity index (χ1) is 21.0. The zero-order valence-corrected chi connectivity index (χ0v) is 25.7. The van der Waals surface area contributed by atoms with E-state index in [1.807, 2.05) is 68.4 Å². The smallest absolute Gasteiger partial charge is 0.328 e. The van der Waals surface area contributed by atoms with Gasteiger partial charge in [0.05, 0.1) is 13.2 Å². The van der Waals surface area contributed by atoms with Gasteiger partial charge in [0.25, 0.3) is 5.91 Å². The Balaban J connectivity index is 1.81. The van der Waals surface area contributed by atoms with E-state index in [4.69, 9.17) is 14.3 Å². The Morgan fingerprint density at radius 2 is 1.59 bits per heavy atom. The molecule has 3 rings (SSSR count). The van der Waals surface area contributed by atoms with Gasteiger partial charge in [-0.15, -0.1) is 0 Å².